The van der Waals surface area contributed by atoms with Gasteiger partial charge in [0.05, 0.1) is 6.42 Å². The standard InChI is InChI=1S/C4H7F3O.C4H5F3O/c2*5-4(6,7)2-1-3-8/h8H,1-3H2;3H,1-2H2. The van der Waals surface area contributed by atoms with Crippen LogP contribution in [0.5, 0.6) is 0 Å². The van der Waals surface area contributed by atoms with Crippen molar-refractivity contribution < 1.29 is 36.2 Å². The van der Waals surface area contributed by atoms with Crippen molar-refractivity contribution in [3.8, 4) is 0 Å². The largest absolute Gasteiger partial charge is 0.396 e. The first-order valence-electron chi connectivity index (χ1n) is 4.30. The van der Waals surface area contributed by atoms with Crippen LogP contribution < -0.4 is 0 Å². The Kier molecular flexibility index (Phi) is 9.21. The van der Waals surface area contributed by atoms with Crippen LogP contribution in [0.15, 0.2) is 0 Å². The molecule has 0 atom stereocenters. The molecule has 0 aromatic heterocycles. The summed E-state index contributed by atoms with van der Waals surface area (Å²) in [6.07, 6.45) is -10.5. The highest BCUT2D eigenvalue weighted by Gasteiger charge is 2.26. The third-order valence-corrected chi connectivity index (χ3v) is 1.16. The zero-order valence-electron chi connectivity index (χ0n) is 8.24. The summed E-state index contributed by atoms with van der Waals surface area (Å²) in [4.78, 5) is 9.35. The smallest absolute Gasteiger partial charge is 0.389 e. The minimum Gasteiger partial charge on any atom is -0.396 e. The van der Waals surface area contributed by atoms with Gasteiger partial charge in [0.25, 0.3) is 0 Å². The fraction of sp³-hybridized carbons (Fsp3) is 0.875. The van der Waals surface area contributed by atoms with Crippen LogP contribution in [0.2, 0.25) is 0 Å². The van der Waals surface area contributed by atoms with E-state index in [2.05, 4.69) is 0 Å². The number of alkyl halides is 6. The Balaban J connectivity index is 0. The van der Waals surface area contributed by atoms with Crippen molar-refractivity contribution in [3.05, 3.63) is 0 Å². The SMILES string of the molecule is O=CCCC(F)(F)F.OCCCC(F)(F)F. The van der Waals surface area contributed by atoms with Crippen LogP contribution in [0.4, 0.5) is 26.3 Å². The fourth-order valence-corrected chi connectivity index (χ4v) is 0.502. The van der Waals surface area contributed by atoms with Crippen molar-refractivity contribution >= 4 is 6.29 Å². The molecular weight excluding hydrogens is 242 g/mol. The van der Waals surface area contributed by atoms with E-state index < -0.39 is 31.6 Å². The molecule has 0 aromatic rings. The molecule has 0 aromatic carbocycles. The molecule has 0 spiro atoms. The van der Waals surface area contributed by atoms with Crippen LogP contribution in [-0.2, 0) is 4.79 Å². The summed E-state index contributed by atoms with van der Waals surface area (Å²) in [5, 5.41) is 7.93. The number of aldehydes is 1. The monoisotopic (exact) mass is 254 g/mol. The Hall–Kier alpha value is -0.790. The Labute approximate surface area is 88.2 Å². The normalized spacial score (nSPS) is 11.7. The molecule has 0 aliphatic heterocycles. The molecule has 0 fully saturated rings. The van der Waals surface area contributed by atoms with Crippen LogP contribution in [0, 0.1) is 0 Å². The van der Waals surface area contributed by atoms with Crippen LogP contribution in [0.3, 0.4) is 0 Å². The first-order chi connectivity index (χ1) is 7.12. The Morgan fingerprint density at radius 1 is 0.938 bits per heavy atom. The number of hydrogen-bond acceptors (Lipinski definition) is 2. The molecule has 1 N–H and O–H groups in total. The van der Waals surface area contributed by atoms with Crippen LogP contribution in [0.1, 0.15) is 25.7 Å². The topological polar surface area (TPSA) is 37.3 Å². The number of halogens is 6. The van der Waals surface area contributed by atoms with E-state index in [0.717, 1.165) is 0 Å². The number of rotatable bonds is 4. The van der Waals surface area contributed by atoms with Gasteiger partial charge in [-0.05, 0) is 6.42 Å². The van der Waals surface area contributed by atoms with Gasteiger partial charge >= 0.3 is 12.4 Å². The minimum atomic E-state index is -4.18. The molecule has 98 valence electrons. The van der Waals surface area contributed by atoms with E-state index in [1.54, 1.807) is 0 Å². The average molecular weight is 254 g/mol. The maximum atomic E-state index is 11.1. The van der Waals surface area contributed by atoms with Crippen molar-refractivity contribution in [2.45, 2.75) is 38.0 Å². The summed E-state index contributed by atoms with van der Waals surface area (Å²) in [5.74, 6) is 0. The van der Waals surface area contributed by atoms with Gasteiger partial charge in [-0.2, -0.15) is 26.3 Å². The lowest BCUT2D eigenvalue weighted by Gasteiger charge is -2.01. The molecule has 16 heavy (non-hydrogen) atoms. The maximum absolute atomic E-state index is 11.1. The van der Waals surface area contributed by atoms with E-state index in [9.17, 15) is 31.1 Å². The fourth-order valence-electron chi connectivity index (χ4n) is 0.502. The molecule has 0 bridgehead atoms. The van der Waals surface area contributed by atoms with Gasteiger partial charge in [-0.15, -0.1) is 0 Å². The molecule has 0 aliphatic rings. The third kappa shape index (κ3) is 23.2. The van der Waals surface area contributed by atoms with E-state index in [-0.39, 0.29) is 19.3 Å². The quantitative estimate of drug-likeness (QED) is 0.618. The second kappa shape index (κ2) is 8.37. The first-order valence-corrected chi connectivity index (χ1v) is 4.30. The summed E-state index contributed by atoms with van der Waals surface area (Å²) in [7, 11) is 0. The molecule has 0 radical (unpaired) electrons. The van der Waals surface area contributed by atoms with Crippen LogP contribution >= 0.6 is 0 Å². The summed E-state index contributed by atoms with van der Waals surface area (Å²) < 4.78 is 66.6. The van der Waals surface area contributed by atoms with Crippen molar-refractivity contribution in [1.29, 1.82) is 0 Å². The highest BCUT2D eigenvalue weighted by atomic mass is 19.4. The molecule has 0 saturated carbocycles. The molecule has 0 rings (SSSR count). The summed E-state index contributed by atoms with van der Waals surface area (Å²) in [6, 6.07) is 0. The number of aliphatic hydroxyl groups is 1. The zero-order chi connectivity index (χ0) is 13.2. The summed E-state index contributed by atoms with van der Waals surface area (Å²) in [5.41, 5.74) is 0. The molecular formula is C8H12F6O2. The van der Waals surface area contributed by atoms with Crippen molar-refractivity contribution in [2.75, 3.05) is 6.61 Å². The highest BCUT2D eigenvalue weighted by Crippen LogP contribution is 2.20. The van der Waals surface area contributed by atoms with E-state index in [4.69, 9.17) is 5.11 Å². The maximum Gasteiger partial charge on any atom is 0.389 e. The van der Waals surface area contributed by atoms with E-state index >= 15 is 0 Å². The molecule has 0 aliphatic carbocycles. The molecule has 0 unspecified atom stereocenters. The second-order valence-corrected chi connectivity index (χ2v) is 2.76. The molecule has 0 saturated heterocycles. The van der Waals surface area contributed by atoms with Gasteiger partial charge in [0.15, 0.2) is 0 Å². The van der Waals surface area contributed by atoms with Crippen LogP contribution in [-0.4, -0.2) is 30.4 Å². The van der Waals surface area contributed by atoms with Gasteiger partial charge in [0, 0.05) is 19.4 Å². The lowest BCUT2D eigenvalue weighted by atomic mass is 10.3. The van der Waals surface area contributed by atoms with Gasteiger partial charge in [0.1, 0.15) is 6.29 Å². The Bertz CT molecular complexity index is 174. The second-order valence-electron chi connectivity index (χ2n) is 2.76. The van der Waals surface area contributed by atoms with E-state index in [0.29, 0.717) is 0 Å². The van der Waals surface area contributed by atoms with Gasteiger partial charge in [-0.1, -0.05) is 0 Å². The van der Waals surface area contributed by atoms with Crippen LogP contribution in [0.25, 0.3) is 0 Å². The third-order valence-electron chi connectivity index (χ3n) is 1.16. The average Bonchev–Trinajstić information content (AvgIpc) is 2.10. The molecule has 2 nitrogen and oxygen atoms in total. The predicted octanol–water partition coefficient (Wildman–Crippen LogP) is 2.85. The summed E-state index contributed by atoms with van der Waals surface area (Å²) >= 11 is 0. The number of aliphatic hydroxyl groups excluding tert-OH is 1. The van der Waals surface area contributed by atoms with Gasteiger partial charge in [-0.3, -0.25) is 0 Å². The number of hydrogen-bond donors (Lipinski definition) is 1. The minimum absolute atomic E-state index is 0.191. The van der Waals surface area contributed by atoms with Crippen molar-refractivity contribution in [2.24, 2.45) is 0 Å². The van der Waals surface area contributed by atoms with Gasteiger partial charge in [0.2, 0.25) is 0 Å². The highest BCUT2D eigenvalue weighted by molar-refractivity contribution is 5.49. The number of carbonyl (C=O) groups excluding carboxylic acids is 1. The van der Waals surface area contributed by atoms with E-state index in [1.165, 1.54) is 0 Å². The Morgan fingerprint density at radius 3 is 1.50 bits per heavy atom. The lowest BCUT2D eigenvalue weighted by Crippen LogP contribution is -2.07. The predicted molar refractivity (Wildman–Crippen MR) is 43.7 cm³/mol. The molecule has 0 amide bonds. The zero-order valence-corrected chi connectivity index (χ0v) is 8.24. The van der Waals surface area contributed by atoms with Crippen molar-refractivity contribution in [3.63, 3.8) is 0 Å². The Morgan fingerprint density at radius 2 is 1.38 bits per heavy atom. The molecule has 8 heteroatoms. The molecule has 0 heterocycles. The first kappa shape index (κ1) is 17.6. The van der Waals surface area contributed by atoms with Crippen molar-refractivity contribution in [1.82, 2.24) is 0 Å². The summed E-state index contributed by atoms with van der Waals surface area (Å²) in [6.45, 7) is -0.389. The van der Waals surface area contributed by atoms with Gasteiger partial charge in [-0.25, -0.2) is 0 Å². The number of carbonyl (C=O) groups is 1. The lowest BCUT2D eigenvalue weighted by molar-refractivity contribution is -0.139. The van der Waals surface area contributed by atoms with E-state index in [1.807, 2.05) is 0 Å². The van der Waals surface area contributed by atoms with Gasteiger partial charge < -0.3 is 9.90 Å².